The van der Waals surface area contributed by atoms with E-state index in [1.165, 1.54) is 0 Å². The molecule has 35 heavy (non-hydrogen) atoms. The first kappa shape index (κ1) is 25.5. The molecule has 1 aliphatic rings. The molecule has 0 amide bonds. The van der Waals surface area contributed by atoms with Gasteiger partial charge in [-0.25, -0.2) is 9.59 Å². The molecule has 3 rings (SSSR count). The molecule has 2 aromatic carbocycles. The number of hydrogen-bond acceptors (Lipinski definition) is 8. The molecule has 0 saturated carbocycles. The molecule has 0 aliphatic carbocycles. The van der Waals surface area contributed by atoms with Crippen molar-refractivity contribution in [3.05, 3.63) is 81.8 Å². The van der Waals surface area contributed by atoms with Crippen molar-refractivity contribution in [2.75, 3.05) is 19.1 Å². The fraction of sp³-hybridized carbons (Fsp3) is 0.174. The van der Waals surface area contributed by atoms with E-state index >= 15 is 0 Å². The Kier molecular flexibility index (Phi) is 7.26. The van der Waals surface area contributed by atoms with E-state index in [9.17, 15) is 28.0 Å². The van der Waals surface area contributed by atoms with Crippen LogP contribution in [-0.2, 0) is 19.1 Å². The molecule has 2 aromatic rings. The van der Waals surface area contributed by atoms with E-state index in [-0.39, 0.29) is 22.7 Å². The molecule has 1 aliphatic heterocycles. The fourth-order valence-electron chi connectivity index (χ4n) is 3.62. The average Bonchev–Trinajstić information content (AvgIpc) is 2.83. The number of rotatable bonds is 5. The van der Waals surface area contributed by atoms with Crippen molar-refractivity contribution >= 4 is 29.2 Å². The molecule has 12 heteroatoms. The molecular formula is C23H17ClF3N3O5. The number of nitrogens with two attached hydrogens (primary N) is 1. The maximum atomic E-state index is 12.9. The minimum atomic E-state index is -5.00. The number of ether oxygens (including phenoxy) is 3. The Bertz CT molecular complexity index is 1270. The zero-order valence-corrected chi connectivity index (χ0v) is 19.0. The molecular weight excluding hydrogens is 491 g/mol. The zero-order chi connectivity index (χ0) is 25.9. The number of esters is 2. The summed E-state index contributed by atoms with van der Waals surface area (Å²) in [6.07, 6.45) is -5.00. The van der Waals surface area contributed by atoms with Crippen LogP contribution in [0, 0.1) is 11.3 Å². The van der Waals surface area contributed by atoms with Gasteiger partial charge in [-0.05, 0) is 23.8 Å². The van der Waals surface area contributed by atoms with Gasteiger partial charge in [-0.15, -0.1) is 13.2 Å². The van der Waals surface area contributed by atoms with Crippen molar-refractivity contribution in [2.45, 2.75) is 12.3 Å². The SMILES string of the molecule is COC(=O)C1=C(C(=O)OC)N(c2ccc(OC(F)(F)F)c(Cl)c2)C(N)=C(C#N)C1c1ccccc1. The summed E-state index contributed by atoms with van der Waals surface area (Å²) < 4.78 is 51.6. The molecule has 2 N–H and O–H groups in total. The van der Waals surface area contributed by atoms with Gasteiger partial charge in [-0.3, -0.25) is 4.90 Å². The highest BCUT2D eigenvalue weighted by Crippen LogP contribution is 2.44. The monoisotopic (exact) mass is 507 g/mol. The smallest absolute Gasteiger partial charge is 0.466 e. The first-order valence-corrected chi connectivity index (χ1v) is 10.1. The van der Waals surface area contributed by atoms with Crippen LogP contribution in [0.25, 0.3) is 0 Å². The molecule has 0 saturated heterocycles. The number of nitrogens with zero attached hydrogens (tertiary/aromatic N) is 2. The normalized spacial score (nSPS) is 16.0. The molecule has 1 unspecified atom stereocenters. The number of hydrogen-bond donors (Lipinski definition) is 1. The van der Waals surface area contributed by atoms with Crippen molar-refractivity contribution < 1.29 is 37.0 Å². The van der Waals surface area contributed by atoms with Gasteiger partial charge >= 0.3 is 18.3 Å². The third-order valence-corrected chi connectivity index (χ3v) is 5.31. The van der Waals surface area contributed by atoms with E-state index < -0.39 is 40.7 Å². The fourth-order valence-corrected chi connectivity index (χ4v) is 3.83. The highest BCUT2D eigenvalue weighted by Gasteiger charge is 2.43. The average molecular weight is 508 g/mol. The minimum absolute atomic E-state index is 0.0388. The zero-order valence-electron chi connectivity index (χ0n) is 18.2. The number of alkyl halides is 3. The van der Waals surface area contributed by atoms with Crippen molar-refractivity contribution in [2.24, 2.45) is 5.73 Å². The summed E-state index contributed by atoms with van der Waals surface area (Å²) in [4.78, 5) is 26.9. The topological polar surface area (TPSA) is 115 Å². The molecule has 8 nitrogen and oxygen atoms in total. The summed E-state index contributed by atoms with van der Waals surface area (Å²) >= 11 is 5.99. The van der Waals surface area contributed by atoms with Crippen LogP contribution < -0.4 is 15.4 Å². The van der Waals surface area contributed by atoms with E-state index in [0.29, 0.717) is 5.56 Å². The highest BCUT2D eigenvalue weighted by molar-refractivity contribution is 6.32. The van der Waals surface area contributed by atoms with Crippen LogP contribution >= 0.6 is 11.6 Å². The number of halogens is 4. The lowest BCUT2D eigenvalue weighted by molar-refractivity contribution is -0.274. The van der Waals surface area contributed by atoms with Gasteiger partial charge in [0, 0.05) is 5.69 Å². The van der Waals surface area contributed by atoms with Crippen LogP contribution in [0.15, 0.2) is 71.2 Å². The maximum Gasteiger partial charge on any atom is 0.573 e. The van der Waals surface area contributed by atoms with Gasteiger partial charge in [0.2, 0.25) is 0 Å². The predicted octanol–water partition coefficient (Wildman–Crippen LogP) is 4.14. The van der Waals surface area contributed by atoms with Gasteiger partial charge in [-0.2, -0.15) is 5.26 Å². The van der Waals surface area contributed by atoms with Crippen LogP contribution in [0.3, 0.4) is 0 Å². The van der Waals surface area contributed by atoms with Crippen molar-refractivity contribution in [3.63, 3.8) is 0 Å². The Morgan fingerprint density at radius 1 is 1.09 bits per heavy atom. The van der Waals surface area contributed by atoms with Gasteiger partial charge in [0.1, 0.15) is 17.3 Å². The molecule has 0 bridgehead atoms. The van der Waals surface area contributed by atoms with Gasteiger partial charge in [0.15, 0.2) is 0 Å². The van der Waals surface area contributed by atoms with Crippen molar-refractivity contribution in [3.8, 4) is 11.8 Å². The summed E-state index contributed by atoms with van der Waals surface area (Å²) in [5.74, 6) is -4.04. The summed E-state index contributed by atoms with van der Waals surface area (Å²) in [5, 5.41) is 9.49. The van der Waals surface area contributed by atoms with E-state index in [0.717, 1.165) is 37.3 Å². The first-order chi connectivity index (χ1) is 16.5. The second kappa shape index (κ2) is 9.99. The Labute approximate surface area is 202 Å². The summed E-state index contributed by atoms with van der Waals surface area (Å²) in [6.45, 7) is 0. The largest absolute Gasteiger partial charge is 0.573 e. The third-order valence-electron chi connectivity index (χ3n) is 5.01. The number of carbonyl (C=O) groups excluding carboxylic acids is 2. The van der Waals surface area contributed by atoms with Crippen LogP contribution in [0.4, 0.5) is 18.9 Å². The molecule has 182 valence electrons. The van der Waals surface area contributed by atoms with E-state index in [4.69, 9.17) is 26.8 Å². The van der Waals surface area contributed by atoms with Gasteiger partial charge in [-0.1, -0.05) is 41.9 Å². The van der Waals surface area contributed by atoms with Crippen molar-refractivity contribution in [1.82, 2.24) is 0 Å². The van der Waals surface area contributed by atoms with Crippen LogP contribution in [0.2, 0.25) is 5.02 Å². The van der Waals surface area contributed by atoms with Gasteiger partial charge in [0.05, 0.1) is 42.4 Å². The van der Waals surface area contributed by atoms with Crippen molar-refractivity contribution in [1.29, 1.82) is 5.26 Å². The minimum Gasteiger partial charge on any atom is -0.466 e. The number of carbonyl (C=O) groups is 2. The molecule has 0 spiro atoms. The number of methoxy groups -OCH3 is 2. The Morgan fingerprint density at radius 2 is 1.71 bits per heavy atom. The number of benzene rings is 2. The van der Waals surface area contributed by atoms with E-state index in [2.05, 4.69) is 4.74 Å². The lowest BCUT2D eigenvalue weighted by Gasteiger charge is -2.36. The third kappa shape index (κ3) is 5.02. The highest BCUT2D eigenvalue weighted by atomic mass is 35.5. The standard InChI is InChI=1S/C23H17ClF3N3O5/c1-33-21(31)18-17(12-6-4-3-5-7-12)14(11-28)20(29)30(19(18)22(32)34-2)13-8-9-16(15(24)10-13)35-23(25,26)27/h3-10,17H,29H2,1-2H3. The number of nitriles is 1. The second-order valence-corrected chi connectivity index (χ2v) is 7.40. The van der Waals surface area contributed by atoms with E-state index in [1.54, 1.807) is 30.3 Å². The van der Waals surface area contributed by atoms with Crippen LogP contribution in [0.1, 0.15) is 11.5 Å². The van der Waals surface area contributed by atoms with Crippen LogP contribution in [0.5, 0.6) is 5.75 Å². The van der Waals surface area contributed by atoms with Gasteiger partial charge < -0.3 is 19.9 Å². The molecule has 0 radical (unpaired) electrons. The molecule has 1 heterocycles. The Hall–Kier alpha value is -4.17. The Balaban J connectivity index is 2.33. The summed E-state index contributed by atoms with van der Waals surface area (Å²) in [5.41, 5.74) is 5.95. The summed E-state index contributed by atoms with van der Waals surface area (Å²) in [6, 6.07) is 13.3. The Morgan fingerprint density at radius 3 is 2.23 bits per heavy atom. The van der Waals surface area contributed by atoms with E-state index in [1.807, 2.05) is 6.07 Å². The molecule has 1 atom stereocenters. The predicted molar refractivity (Wildman–Crippen MR) is 118 cm³/mol. The lowest BCUT2D eigenvalue weighted by Crippen LogP contribution is -2.40. The first-order valence-electron chi connectivity index (χ1n) is 9.75. The second-order valence-electron chi connectivity index (χ2n) is 7.00. The quantitative estimate of drug-likeness (QED) is 0.601. The maximum absolute atomic E-state index is 12.9. The van der Waals surface area contributed by atoms with Gasteiger partial charge in [0.25, 0.3) is 0 Å². The summed E-state index contributed by atoms with van der Waals surface area (Å²) in [7, 11) is 2.15. The number of allylic oxidation sites excluding steroid dienone is 1. The van der Waals surface area contributed by atoms with Crippen LogP contribution in [-0.4, -0.2) is 32.5 Å². The molecule has 0 fully saturated rings. The number of anilines is 1. The lowest BCUT2D eigenvalue weighted by atomic mass is 9.81. The molecule has 0 aromatic heterocycles.